The quantitative estimate of drug-likeness (QED) is 0.370. The molecule has 3 aromatic carbocycles. The molecule has 1 aliphatic heterocycles. The zero-order chi connectivity index (χ0) is 23.5. The van der Waals surface area contributed by atoms with Crippen molar-refractivity contribution in [1.82, 2.24) is 5.32 Å². The Hall–Kier alpha value is -3.49. The van der Waals surface area contributed by atoms with Crippen molar-refractivity contribution in [2.45, 2.75) is 6.61 Å². The first-order valence-electron chi connectivity index (χ1n) is 9.73. The van der Waals surface area contributed by atoms with Crippen LogP contribution >= 0.6 is 23.8 Å². The number of halogens is 3. The van der Waals surface area contributed by atoms with Gasteiger partial charge in [0.2, 0.25) is 0 Å². The first kappa shape index (κ1) is 22.7. The number of carbonyl (C=O) groups excluding carboxylic acids is 1. The molecule has 0 unspecified atom stereocenters. The van der Waals surface area contributed by atoms with Crippen molar-refractivity contribution in [1.29, 1.82) is 0 Å². The van der Waals surface area contributed by atoms with Crippen molar-refractivity contribution in [3.63, 3.8) is 0 Å². The van der Waals surface area contributed by atoms with Crippen LogP contribution in [0, 0.1) is 11.6 Å². The summed E-state index contributed by atoms with van der Waals surface area (Å²) in [4.78, 5) is 14.2. The number of ether oxygens (including phenoxy) is 2. The number of anilines is 1. The van der Waals surface area contributed by atoms with E-state index < -0.39 is 11.6 Å². The Balaban J connectivity index is 1.57. The van der Waals surface area contributed by atoms with Crippen molar-refractivity contribution in [3.8, 4) is 11.5 Å². The van der Waals surface area contributed by atoms with E-state index >= 15 is 0 Å². The summed E-state index contributed by atoms with van der Waals surface area (Å²) in [5.74, 6) is -0.325. The van der Waals surface area contributed by atoms with E-state index in [0.29, 0.717) is 28.3 Å². The van der Waals surface area contributed by atoms with Gasteiger partial charge in [0.25, 0.3) is 5.91 Å². The van der Waals surface area contributed by atoms with Gasteiger partial charge in [0.15, 0.2) is 5.11 Å². The lowest BCUT2D eigenvalue weighted by Gasteiger charge is -2.13. The Morgan fingerprint density at radius 1 is 1.03 bits per heavy atom. The summed E-state index contributed by atoms with van der Waals surface area (Å²) in [5, 5.41) is 3.24. The van der Waals surface area contributed by atoms with Crippen LogP contribution in [0.2, 0.25) is 5.02 Å². The lowest BCUT2D eigenvalue weighted by atomic mass is 10.1. The summed E-state index contributed by atoms with van der Waals surface area (Å²) in [6, 6.07) is 14.7. The molecule has 0 bridgehead atoms. The molecule has 1 aliphatic rings. The minimum Gasteiger partial charge on any atom is -0.496 e. The number of hydrogen-bond donors (Lipinski definition) is 1. The SMILES string of the molecule is COc1ccc(/C=C2/NC(=S)N(c3ccc(F)cc3)C2=O)cc1COc1ccc(F)cc1Cl. The zero-order valence-electron chi connectivity index (χ0n) is 17.3. The van der Waals surface area contributed by atoms with Crippen LogP contribution < -0.4 is 19.7 Å². The lowest BCUT2D eigenvalue weighted by Crippen LogP contribution is -2.30. The molecule has 1 amide bonds. The van der Waals surface area contributed by atoms with Crippen molar-refractivity contribution in [2.24, 2.45) is 0 Å². The maximum Gasteiger partial charge on any atom is 0.281 e. The second-order valence-corrected chi connectivity index (χ2v) is 7.83. The molecule has 0 radical (unpaired) electrons. The van der Waals surface area contributed by atoms with Gasteiger partial charge < -0.3 is 14.8 Å². The van der Waals surface area contributed by atoms with Crippen LogP contribution in [-0.4, -0.2) is 18.1 Å². The molecule has 0 aliphatic carbocycles. The molecule has 0 saturated carbocycles. The molecule has 4 rings (SSSR count). The monoisotopic (exact) mass is 486 g/mol. The molecule has 33 heavy (non-hydrogen) atoms. The second kappa shape index (κ2) is 9.56. The van der Waals surface area contributed by atoms with E-state index in [2.05, 4.69) is 5.32 Å². The number of carbonyl (C=O) groups is 1. The summed E-state index contributed by atoms with van der Waals surface area (Å²) in [6.45, 7) is 0.104. The molecule has 0 aromatic heterocycles. The molecule has 9 heteroatoms. The van der Waals surface area contributed by atoms with E-state index in [1.807, 2.05) is 0 Å². The van der Waals surface area contributed by atoms with Crippen LogP contribution in [0.5, 0.6) is 11.5 Å². The number of benzene rings is 3. The van der Waals surface area contributed by atoms with Crippen molar-refractivity contribution in [2.75, 3.05) is 12.0 Å². The predicted octanol–water partition coefficient (Wildman–Crippen LogP) is 5.47. The van der Waals surface area contributed by atoms with Crippen LogP contribution in [0.4, 0.5) is 14.5 Å². The average Bonchev–Trinajstić information content (AvgIpc) is 3.06. The van der Waals surface area contributed by atoms with Gasteiger partial charge in [-0.25, -0.2) is 8.78 Å². The molecule has 1 saturated heterocycles. The highest BCUT2D eigenvalue weighted by atomic mass is 35.5. The maximum absolute atomic E-state index is 13.3. The van der Waals surface area contributed by atoms with Gasteiger partial charge in [-0.1, -0.05) is 17.7 Å². The Bertz CT molecular complexity index is 1270. The Morgan fingerprint density at radius 2 is 1.73 bits per heavy atom. The summed E-state index contributed by atoms with van der Waals surface area (Å²) < 4.78 is 37.6. The van der Waals surface area contributed by atoms with Crippen LogP contribution in [0.25, 0.3) is 6.08 Å². The van der Waals surface area contributed by atoms with Crippen molar-refractivity contribution in [3.05, 3.63) is 94.1 Å². The lowest BCUT2D eigenvalue weighted by molar-refractivity contribution is -0.113. The maximum atomic E-state index is 13.3. The van der Waals surface area contributed by atoms with E-state index in [1.54, 1.807) is 24.3 Å². The van der Waals surface area contributed by atoms with Crippen molar-refractivity contribution < 1.29 is 23.0 Å². The van der Waals surface area contributed by atoms with Crippen LogP contribution in [0.1, 0.15) is 11.1 Å². The highest BCUT2D eigenvalue weighted by Crippen LogP contribution is 2.29. The third-order valence-corrected chi connectivity index (χ3v) is 5.44. The summed E-state index contributed by atoms with van der Waals surface area (Å²) >= 11 is 11.3. The summed E-state index contributed by atoms with van der Waals surface area (Å²) in [6.07, 6.45) is 1.64. The fourth-order valence-electron chi connectivity index (χ4n) is 3.28. The second-order valence-electron chi connectivity index (χ2n) is 7.04. The van der Waals surface area contributed by atoms with E-state index in [4.69, 9.17) is 33.3 Å². The van der Waals surface area contributed by atoms with E-state index in [-0.39, 0.29) is 28.3 Å². The van der Waals surface area contributed by atoms with E-state index in [0.717, 1.165) is 0 Å². The van der Waals surface area contributed by atoms with Gasteiger partial charge in [0.05, 0.1) is 17.8 Å². The Morgan fingerprint density at radius 3 is 2.42 bits per heavy atom. The molecule has 5 nitrogen and oxygen atoms in total. The highest BCUT2D eigenvalue weighted by molar-refractivity contribution is 7.80. The fraction of sp³-hybridized carbons (Fsp3) is 0.0833. The average molecular weight is 487 g/mol. The normalized spacial score (nSPS) is 14.5. The molecule has 1 heterocycles. The fourth-order valence-corrected chi connectivity index (χ4v) is 3.80. The van der Waals surface area contributed by atoms with Gasteiger partial charge in [-0.3, -0.25) is 9.69 Å². The molecule has 1 N–H and O–H groups in total. The Labute approximate surface area is 199 Å². The minimum atomic E-state index is -0.458. The van der Waals surface area contributed by atoms with E-state index in [9.17, 15) is 13.6 Å². The third-order valence-electron chi connectivity index (χ3n) is 4.86. The highest BCUT2D eigenvalue weighted by Gasteiger charge is 2.32. The van der Waals surface area contributed by atoms with Crippen LogP contribution in [0.3, 0.4) is 0 Å². The Kier molecular flexibility index (Phi) is 6.57. The molecule has 0 atom stereocenters. The number of rotatable bonds is 6. The predicted molar refractivity (Wildman–Crippen MR) is 126 cm³/mol. The number of nitrogens with zero attached hydrogens (tertiary/aromatic N) is 1. The van der Waals surface area contributed by atoms with Gasteiger partial charge in [0.1, 0.15) is 35.4 Å². The smallest absolute Gasteiger partial charge is 0.281 e. The van der Waals surface area contributed by atoms with Crippen LogP contribution in [0.15, 0.2) is 66.4 Å². The van der Waals surface area contributed by atoms with E-state index in [1.165, 1.54) is 54.5 Å². The first-order chi connectivity index (χ1) is 15.9. The standard InChI is InChI=1S/C24H17ClF2N2O3S/c1-31-21-8-2-14(10-15(21)13-32-22-9-5-17(27)12-19(22)25)11-20-23(30)29(24(33)28-20)18-6-3-16(26)4-7-18/h2-12H,13H2,1H3,(H,28,33)/b20-11+. The minimum absolute atomic E-state index is 0.104. The molecular formula is C24H17ClF2N2O3S. The van der Waals surface area contributed by atoms with Gasteiger partial charge in [-0.15, -0.1) is 0 Å². The molecule has 168 valence electrons. The summed E-state index contributed by atoms with van der Waals surface area (Å²) in [5.41, 5.74) is 2.11. The van der Waals surface area contributed by atoms with Crippen LogP contribution in [-0.2, 0) is 11.4 Å². The van der Waals surface area contributed by atoms with Gasteiger partial charge >= 0.3 is 0 Å². The molecular weight excluding hydrogens is 470 g/mol. The zero-order valence-corrected chi connectivity index (χ0v) is 18.8. The van der Waals surface area contributed by atoms with Gasteiger partial charge in [0, 0.05) is 5.56 Å². The molecule has 0 spiro atoms. The van der Waals surface area contributed by atoms with Gasteiger partial charge in [-0.2, -0.15) is 0 Å². The molecule has 3 aromatic rings. The summed E-state index contributed by atoms with van der Waals surface area (Å²) in [7, 11) is 1.53. The van der Waals surface area contributed by atoms with Gasteiger partial charge in [-0.05, 0) is 78.5 Å². The topological polar surface area (TPSA) is 50.8 Å². The first-order valence-corrected chi connectivity index (χ1v) is 10.5. The van der Waals surface area contributed by atoms with Crippen molar-refractivity contribution >= 4 is 46.6 Å². The number of hydrogen-bond acceptors (Lipinski definition) is 4. The number of thiocarbonyl (C=S) groups is 1. The largest absolute Gasteiger partial charge is 0.496 e. The molecule has 1 fully saturated rings. The number of amides is 1. The number of nitrogens with one attached hydrogen (secondary N) is 1. The third kappa shape index (κ3) is 4.97. The number of methoxy groups -OCH3 is 1.